The summed E-state index contributed by atoms with van der Waals surface area (Å²) in [5, 5.41) is 2.55. The number of hydrogen-bond acceptors (Lipinski definition) is 5. The minimum atomic E-state index is -4.71. The topological polar surface area (TPSA) is 99.3 Å². The van der Waals surface area contributed by atoms with Crippen molar-refractivity contribution in [3.63, 3.8) is 0 Å². The number of carbonyl (C=O) groups is 4. The fraction of sp³-hybridized carbons (Fsp3) is 0.481. The molecule has 1 N–H and O–H groups in total. The average molecular weight is 549 g/mol. The van der Waals surface area contributed by atoms with Crippen molar-refractivity contribution in [1.82, 2.24) is 20.0 Å². The number of carbonyl (C=O) groups excluding carboxylic acids is 4. The van der Waals surface area contributed by atoms with E-state index in [-0.39, 0.29) is 54.3 Å². The lowest BCUT2D eigenvalue weighted by Crippen LogP contribution is -2.51. The number of esters is 1. The smallest absolute Gasteiger partial charge is 0.416 e. The normalized spacial score (nSPS) is 21.1. The van der Waals surface area contributed by atoms with Gasteiger partial charge in [0.05, 0.1) is 41.9 Å². The van der Waals surface area contributed by atoms with Crippen LogP contribution < -0.4 is 5.32 Å². The van der Waals surface area contributed by atoms with Crippen molar-refractivity contribution < 1.29 is 37.1 Å². The monoisotopic (exact) mass is 548 g/mol. The molecule has 3 aliphatic rings. The number of halogens is 3. The Morgan fingerprint density at radius 1 is 1.21 bits per heavy atom. The highest BCUT2D eigenvalue weighted by Gasteiger charge is 2.48. The van der Waals surface area contributed by atoms with Crippen molar-refractivity contribution in [2.45, 2.75) is 44.9 Å². The van der Waals surface area contributed by atoms with Gasteiger partial charge in [-0.1, -0.05) is 24.3 Å². The Kier molecular flexibility index (Phi) is 8.03. The second kappa shape index (κ2) is 11.1. The van der Waals surface area contributed by atoms with Gasteiger partial charge >= 0.3 is 18.2 Å². The summed E-state index contributed by atoms with van der Waals surface area (Å²) in [7, 11) is 0. The van der Waals surface area contributed by atoms with Crippen molar-refractivity contribution >= 4 is 23.8 Å². The van der Waals surface area contributed by atoms with E-state index < -0.39 is 35.8 Å². The van der Waals surface area contributed by atoms with Gasteiger partial charge in [0.2, 0.25) is 5.91 Å². The molecule has 0 saturated carbocycles. The largest absolute Gasteiger partial charge is 0.466 e. The van der Waals surface area contributed by atoms with Gasteiger partial charge < -0.3 is 19.9 Å². The van der Waals surface area contributed by atoms with Crippen LogP contribution in [-0.2, 0) is 25.3 Å². The van der Waals surface area contributed by atoms with Crippen LogP contribution in [0.15, 0.2) is 48.2 Å². The summed E-state index contributed by atoms with van der Waals surface area (Å²) in [5.41, 5.74) is -0.974. The molecule has 1 saturated heterocycles. The number of piperidine rings is 1. The quantitative estimate of drug-likeness (QED) is 0.417. The average Bonchev–Trinajstić information content (AvgIpc) is 3.26. The van der Waals surface area contributed by atoms with Gasteiger partial charge in [-0.25, -0.2) is 4.79 Å². The molecule has 12 heteroatoms. The molecular formula is C27H31F3N4O5. The number of amides is 4. The lowest BCUT2D eigenvalue weighted by molar-refractivity contribution is -0.152. The number of hydrogen-bond donors (Lipinski definition) is 1. The van der Waals surface area contributed by atoms with Gasteiger partial charge in [-0.3, -0.25) is 19.3 Å². The van der Waals surface area contributed by atoms with Crippen LogP contribution in [0.3, 0.4) is 0 Å². The third-order valence-electron chi connectivity index (χ3n) is 7.39. The van der Waals surface area contributed by atoms with Crippen molar-refractivity contribution in [2.75, 3.05) is 32.8 Å². The molecule has 0 aliphatic carbocycles. The summed E-state index contributed by atoms with van der Waals surface area (Å²) in [6.07, 6.45) is -2.40. The number of rotatable bonds is 7. The van der Waals surface area contributed by atoms with E-state index >= 15 is 0 Å². The predicted molar refractivity (Wildman–Crippen MR) is 134 cm³/mol. The van der Waals surface area contributed by atoms with Gasteiger partial charge in [-0.2, -0.15) is 13.2 Å². The maximum absolute atomic E-state index is 13.8. The maximum Gasteiger partial charge on any atom is 0.416 e. The van der Waals surface area contributed by atoms with Crippen molar-refractivity contribution in [2.24, 2.45) is 5.92 Å². The van der Waals surface area contributed by atoms with Crippen molar-refractivity contribution in [3.05, 3.63) is 59.3 Å². The van der Waals surface area contributed by atoms with Crippen LogP contribution >= 0.6 is 0 Å². The molecule has 3 heterocycles. The first-order valence-corrected chi connectivity index (χ1v) is 12.8. The van der Waals surface area contributed by atoms with Gasteiger partial charge in [0, 0.05) is 19.6 Å². The van der Waals surface area contributed by atoms with Crippen LogP contribution in [0.1, 0.15) is 43.9 Å². The first kappa shape index (κ1) is 28.2. The van der Waals surface area contributed by atoms with Gasteiger partial charge in [-0.05, 0) is 38.3 Å². The maximum atomic E-state index is 13.8. The van der Waals surface area contributed by atoms with E-state index in [2.05, 4.69) is 11.9 Å². The lowest BCUT2D eigenvalue weighted by atomic mass is 9.91. The number of alkyl halides is 3. The Hall–Kier alpha value is -3.83. The van der Waals surface area contributed by atoms with E-state index in [0.717, 1.165) is 6.07 Å². The number of nitrogens with one attached hydrogen (secondary N) is 1. The Labute approximate surface area is 224 Å². The number of urea groups is 1. The molecule has 0 unspecified atom stereocenters. The van der Waals surface area contributed by atoms with Gasteiger partial charge in [0.1, 0.15) is 6.04 Å². The Morgan fingerprint density at radius 2 is 1.87 bits per heavy atom. The first-order valence-electron chi connectivity index (χ1n) is 12.8. The summed E-state index contributed by atoms with van der Waals surface area (Å²) < 4.78 is 46.6. The number of likely N-dealkylation sites (tertiary alicyclic amines) is 1. The Balaban J connectivity index is 1.60. The lowest BCUT2D eigenvalue weighted by Gasteiger charge is -2.35. The van der Waals surface area contributed by atoms with Gasteiger partial charge in [0.25, 0.3) is 5.91 Å². The van der Waals surface area contributed by atoms with Crippen molar-refractivity contribution in [1.29, 1.82) is 0 Å². The van der Waals surface area contributed by atoms with Gasteiger partial charge in [0.15, 0.2) is 0 Å². The third kappa shape index (κ3) is 5.37. The van der Waals surface area contributed by atoms with Crippen LogP contribution in [-0.4, -0.2) is 77.3 Å². The molecule has 3 aliphatic heterocycles. The van der Waals surface area contributed by atoms with Crippen LogP contribution in [0.2, 0.25) is 0 Å². The van der Waals surface area contributed by atoms with Crippen LogP contribution in [0.25, 0.3) is 0 Å². The van der Waals surface area contributed by atoms with Crippen LogP contribution in [0, 0.1) is 5.92 Å². The van der Waals surface area contributed by atoms with E-state index in [0.29, 0.717) is 25.9 Å². The van der Waals surface area contributed by atoms with E-state index in [9.17, 15) is 32.3 Å². The molecule has 4 rings (SSSR count). The number of ether oxygens (including phenoxy) is 1. The molecule has 9 nitrogen and oxygen atoms in total. The van der Waals surface area contributed by atoms with Gasteiger partial charge in [-0.15, -0.1) is 6.58 Å². The van der Waals surface area contributed by atoms with E-state index in [4.69, 9.17) is 4.74 Å². The first-order chi connectivity index (χ1) is 18.5. The van der Waals surface area contributed by atoms with E-state index in [1.807, 2.05) is 0 Å². The minimum absolute atomic E-state index is 0.00572. The second-order valence-electron chi connectivity index (χ2n) is 9.69. The molecule has 0 spiro atoms. The number of nitrogens with zero attached hydrogens (tertiary/aromatic N) is 3. The minimum Gasteiger partial charge on any atom is -0.466 e. The molecule has 0 radical (unpaired) electrons. The fourth-order valence-corrected chi connectivity index (χ4v) is 5.38. The summed E-state index contributed by atoms with van der Waals surface area (Å²) >= 11 is 0. The predicted octanol–water partition coefficient (Wildman–Crippen LogP) is 3.24. The summed E-state index contributed by atoms with van der Waals surface area (Å²) in [5.74, 6) is -1.56. The molecule has 1 aromatic rings. The summed E-state index contributed by atoms with van der Waals surface area (Å²) in [4.78, 5) is 56.3. The van der Waals surface area contributed by atoms with Crippen molar-refractivity contribution in [3.8, 4) is 0 Å². The highest BCUT2D eigenvalue weighted by Crippen LogP contribution is 2.42. The Morgan fingerprint density at radius 3 is 2.49 bits per heavy atom. The third-order valence-corrected chi connectivity index (χ3v) is 7.39. The zero-order valence-corrected chi connectivity index (χ0v) is 21.8. The van der Waals surface area contributed by atoms with Crippen LogP contribution in [0.5, 0.6) is 0 Å². The summed E-state index contributed by atoms with van der Waals surface area (Å²) in [6.45, 7) is 7.73. The van der Waals surface area contributed by atoms with E-state index in [1.165, 1.54) is 34.1 Å². The molecule has 4 amide bonds. The number of benzene rings is 1. The molecular weight excluding hydrogens is 517 g/mol. The molecule has 2 atom stereocenters. The molecule has 210 valence electrons. The molecule has 1 aromatic carbocycles. The zero-order chi connectivity index (χ0) is 28.5. The zero-order valence-electron chi connectivity index (χ0n) is 21.8. The molecule has 0 bridgehead atoms. The standard InChI is InChI=1S/C27H31F3N4O5/c1-4-12-33-20-15-34(16(3)23(35)32-13-10-17(11-14-32)25(37)39-5-2)24(36)21(20)22(31-26(33)38)18-8-6-7-9-19(18)27(28,29)30/h4,6-9,16-17,22H,1,5,10-15H2,2-3H3,(H,31,38)/t16-,22+/m1/s1. The SMILES string of the molecule is C=CCN1C(=O)N[C@@H](c2ccccc2C(F)(F)F)C2=C1CN([C@H](C)C(=O)N1CCC(C(=O)OCC)CC1)C2=O. The highest BCUT2D eigenvalue weighted by molar-refractivity contribution is 6.03. The second-order valence-corrected chi connectivity index (χ2v) is 9.69. The molecule has 1 fully saturated rings. The molecule has 0 aromatic heterocycles. The van der Waals surface area contributed by atoms with Crippen LogP contribution in [0.4, 0.5) is 18.0 Å². The fourth-order valence-electron chi connectivity index (χ4n) is 5.38. The van der Waals surface area contributed by atoms with E-state index in [1.54, 1.807) is 18.7 Å². The Bertz CT molecular complexity index is 1210. The molecule has 39 heavy (non-hydrogen) atoms. The highest BCUT2D eigenvalue weighted by atomic mass is 19.4. The summed E-state index contributed by atoms with van der Waals surface area (Å²) in [6, 6.07) is 1.85.